The van der Waals surface area contributed by atoms with Gasteiger partial charge in [0.2, 0.25) is 0 Å². The van der Waals surface area contributed by atoms with E-state index in [1.807, 2.05) is 35.7 Å². The highest BCUT2D eigenvalue weighted by Gasteiger charge is 2.07. The molecule has 0 aliphatic carbocycles. The zero-order valence-corrected chi connectivity index (χ0v) is 10.8. The third-order valence-electron chi connectivity index (χ3n) is 1.98. The number of hydrogen-bond acceptors (Lipinski definition) is 3. The predicted molar refractivity (Wildman–Crippen MR) is 67.6 cm³/mol. The average Bonchev–Trinajstić information content (AvgIpc) is 2.79. The molecule has 2 rings (SSSR count). The van der Waals surface area contributed by atoms with Gasteiger partial charge in [-0.2, -0.15) is 0 Å². The van der Waals surface area contributed by atoms with Crippen LogP contribution in [0.15, 0.2) is 46.3 Å². The summed E-state index contributed by atoms with van der Waals surface area (Å²) in [6.07, 6.45) is 0. The highest BCUT2D eigenvalue weighted by Crippen LogP contribution is 2.14. The molecule has 0 saturated heterocycles. The van der Waals surface area contributed by atoms with Crippen LogP contribution in [0.4, 0.5) is 0 Å². The summed E-state index contributed by atoms with van der Waals surface area (Å²) >= 11 is 4.75. The van der Waals surface area contributed by atoms with Crippen LogP contribution >= 0.6 is 27.3 Å². The van der Waals surface area contributed by atoms with Crippen molar-refractivity contribution < 1.29 is 9.53 Å². The Bertz CT molecular complexity index is 480. The molecular formula is C12H9BrO2S. The fraction of sp³-hybridized carbons (Fsp3) is 0.0833. The first-order valence-corrected chi connectivity index (χ1v) is 6.38. The lowest BCUT2D eigenvalue weighted by Gasteiger charge is -2.03. The molecule has 0 fully saturated rings. The van der Waals surface area contributed by atoms with Crippen molar-refractivity contribution in [3.8, 4) is 0 Å². The van der Waals surface area contributed by atoms with Crippen LogP contribution in [0.2, 0.25) is 0 Å². The predicted octanol–water partition coefficient (Wildman–Crippen LogP) is 3.87. The van der Waals surface area contributed by atoms with E-state index in [1.165, 1.54) is 11.3 Å². The maximum Gasteiger partial charge on any atom is 0.348 e. The number of ether oxygens (including phenoxy) is 1. The molecule has 0 spiro atoms. The second kappa shape index (κ2) is 5.27. The van der Waals surface area contributed by atoms with Crippen LogP contribution in [0.25, 0.3) is 0 Å². The first-order chi connectivity index (χ1) is 7.75. The Morgan fingerprint density at radius 2 is 2.19 bits per heavy atom. The zero-order chi connectivity index (χ0) is 11.4. The van der Waals surface area contributed by atoms with Crippen molar-refractivity contribution in [2.24, 2.45) is 0 Å². The summed E-state index contributed by atoms with van der Waals surface area (Å²) in [5.41, 5.74) is 0.972. The van der Waals surface area contributed by atoms with Crippen molar-refractivity contribution in [1.82, 2.24) is 0 Å². The Hall–Kier alpha value is -1.13. The van der Waals surface area contributed by atoms with E-state index in [1.54, 1.807) is 6.07 Å². The molecule has 82 valence electrons. The van der Waals surface area contributed by atoms with E-state index in [-0.39, 0.29) is 5.97 Å². The molecule has 1 heterocycles. The van der Waals surface area contributed by atoms with Gasteiger partial charge in [0, 0.05) is 4.47 Å². The van der Waals surface area contributed by atoms with Gasteiger partial charge < -0.3 is 4.74 Å². The quantitative estimate of drug-likeness (QED) is 0.804. The molecule has 0 amide bonds. The largest absolute Gasteiger partial charge is 0.457 e. The minimum atomic E-state index is -0.269. The molecule has 0 N–H and O–H groups in total. The van der Waals surface area contributed by atoms with Crippen LogP contribution in [-0.2, 0) is 11.3 Å². The van der Waals surface area contributed by atoms with Crippen molar-refractivity contribution in [2.75, 3.05) is 0 Å². The SMILES string of the molecule is O=C(OCc1cccc(Br)c1)c1cccs1. The summed E-state index contributed by atoms with van der Waals surface area (Å²) in [5, 5.41) is 1.86. The highest BCUT2D eigenvalue weighted by molar-refractivity contribution is 9.10. The van der Waals surface area contributed by atoms with E-state index in [9.17, 15) is 4.79 Å². The maximum absolute atomic E-state index is 11.5. The molecule has 0 aliphatic rings. The second-order valence-corrected chi connectivity index (χ2v) is 5.05. The Balaban J connectivity index is 1.95. The summed E-state index contributed by atoms with van der Waals surface area (Å²) < 4.78 is 6.16. The van der Waals surface area contributed by atoms with E-state index >= 15 is 0 Å². The van der Waals surface area contributed by atoms with E-state index in [4.69, 9.17) is 4.74 Å². The minimum Gasteiger partial charge on any atom is -0.457 e. The van der Waals surface area contributed by atoms with E-state index in [0.717, 1.165) is 10.0 Å². The Morgan fingerprint density at radius 1 is 1.31 bits per heavy atom. The Morgan fingerprint density at radius 3 is 2.88 bits per heavy atom. The van der Waals surface area contributed by atoms with Gasteiger partial charge >= 0.3 is 5.97 Å². The lowest BCUT2D eigenvalue weighted by Crippen LogP contribution is -2.02. The fourth-order valence-electron chi connectivity index (χ4n) is 1.24. The van der Waals surface area contributed by atoms with Crippen molar-refractivity contribution in [1.29, 1.82) is 0 Å². The average molecular weight is 297 g/mol. The molecule has 1 aromatic carbocycles. The number of halogens is 1. The second-order valence-electron chi connectivity index (χ2n) is 3.18. The molecule has 0 bridgehead atoms. The fourth-order valence-corrected chi connectivity index (χ4v) is 2.30. The molecule has 1 aromatic heterocycles. The molecule has 2 nitrogen and oxygen atoms in total. The molecule has 0 saturated carbocycles. The Kier molecular flexibility index (Phi) is 3.74. The topological polar surface area (TPSA) is 26.3 Å². The highest BCUT2D eigenvalue weighted by atomic mass is 79.9. The number of rotatable bonds is 3. The molecule has 0 aliphatic heterocycles. The van der Waals surface area contributed by atoms with E-state index < -0.39 is 0 Å². The zero-order valence-electron chi connectivity index (χ0n) is 8.35. The number of benzene rings is 1. The van der Waals surface area contributed by atoms with Gasteiger partial charge in [0.1, 0.15) is 11.5 Å². The molecule has 16 heavy (non-hydrogen) atoms. The molecule has 0 radical (unpaired) electrons. The van der Waals surface area contributed by atoms with Crippen molar-refractivity contribution in [2.45, 2.75) is 6.61 Å². The number of carbonyl (C=O) groups excluding carboxylic acids is 1. The van der Waals surface area contributed by atoms with Crippen molar-refractivity contribution in [3.63, 3.8) is 0 Å². The summed E-state index contributed by atoms with van der Waals surface area (Å²) in [6, 6.07) is 11.3. The first kappa shape index (κ1) is 11.4. The van der Waals surface area contributed by atoms with Crippen molar-refractivity contribution >= 4 is 33.2 Å². The molecule has 0 unspecified atom stereocenters. The van der Waals surface area contributed by atoms with Gasteiger partial charge in [0.25, 0.3) is 0 Å². The van der Waals surface area contributed by atoms with Crippen molar-refractivity contribution in [3.05, 3.63) is 56.7 Å². The van der Waals surface area contributed by atoms with E-state index in [0.29, 0.717) is 11.5 Å². The van der Waals surface area contributed by atoms with Crippen LogP contribution in [0, 0.1) is 0 Å². The summed E-state index contributed by atoms with van der Waals surface area (Å²) in [6.45, 7) is 0.302. The number of esters is 1. The maximum atomic E-state index is 11.5. The monoisotopic (exact) mass is 296 g/mol. The lowest BCUT2D eigenvalue weighted by molar-refractivity contribution is 0.0478. The third kappa shape index (κ3) is 2.93. The lowest BCUT2D eigenvalue weighted by atomic mass is 10.2. The third-order valence-corrected chi connectivity index (χ3v) is 3.32. The summed E-state index contributed by atoms with van der Waals surface area (Å²) in [7, 11) is 0. The summed E-state index contributed by atoms with van der Waals surface area (Å²) in [5.74, 6) is -0.269. The van der Waals surface area contributed by atoms with E-state index in [2.05, 4.69) is 15.9 Å². The van der Waals surface area contributed by atoms with Gasteiger partial charge in [-0.15, -0.1) is 11.3 Å². The van der Waals surface area contributed by atoms with Crippen LogP contribution < -0.4 is 0 Å². The first-order valence-electron chi connectivity index (χ1n) is 4.71. The standard InChI is InChI=1S/C12H9BrO2S/c13-10-4-1-3-9(7-10)8-15-12(14)11-5-2-6-16-11/h1-7H,8H2. The smallest absolute Gasteiger partial charge is 0.348 e. The molecular weight excluding hydrogens is 288 g/mol. The normalized spacial score (nSPS) is 10.1. The van der Waals surface area contributed by atoms with Crippen LogP contribution in [0.3, 0.4) is 0 Å². The summed E-state index contributed by atoms with van der Waals surface area (Å²) in [4.78, 5) is 12.2. The number of hydrogen-bond donors (Lipinski definition) is 0. The molecule has 0 atom stereocenters. The Labute approximate surface area is 106 Å². The number of carbonyl (C=O) groups is 1. The van der Waals surface area contributed by atoms with Crippen LogP contribution in [0.1, 0.15) is 15.2 Å². The van der Waals surface area contributed by atoms with Gasteiger partial charge in [0.15, 0.2) is 0 Å². The minimum absolute atomic E-state index is 0.269. The van der Waals surface area contributed by atoms with Gasteiger partial charge in [-0.3, -0.25) is 0 Å². The molecule has 4 heteroatoms. The number of thiophene rings is 1. The van der Waals surface area contributed by atoms with Gasteiger partial charge in [-0.1, -0.05) is 34.1 Å². The van der Waals surface area contributed by atoms with Crippen LogP contribution in [-0.4, -0.2) is 5.97 Å². The molecule has 2 aromatic rings. The van der Waals surface area contributed by atoms with Gasteiger partial charge in [-0.25, -0.2) is 4.79 Å². The van der Waals surface area contributed by atoms with Crippen LogP contribution in [0.5, 0.6) is 0 Å². The van der Waals surface area contributed by atoms with Gasteiger partial charge in [-0.05, 0) is 29.1 Å². The van der Waals surface area contributed by atoms with Gasteiger partial charge in [0.05, 0.1) is 0 Å².